The molecular formula is Nb4O12Zr. The van der Waals surface area contributed by atoms with E-state index in [0.29, 0.717) is 0 Å². The first kappa shape index (κ1) is 31.5. The van der Waals surface area contributed by atoms with Gasteiger partial charge >= 0.3 is 142 Å². The van der Waals surface area contributed by atoms with Gasteiger partial charge in [-0.15, -0.1) is 0 Å². The molecular weight excluding hydrogens is 655 g/mol. The monoisotopic (exact) mass is 653 g/mol. The van der Waals surface area contributed by atoms with Gasteiger partial charge in [0.15, 0.2) is 0 Å². The average molecular weight is 655 g/mol. The molecule has 12 nitrogen and oxygen atoms in total. The zero-order valence-electron chi connectivity index (χ0n) is 7.19. The third-order valence-electron chi connectivity index (χ3n) is 0. The molecule has 17 heteroatoms. The van der Waals surface area contributed by atoms with Gasteiger partial charge in [-0.25, -0.2) is 0 Å². The molecule has 0 bridgehead atoms. The minimum absolute atomic E-state index is 0. The van der Waals surface area contributed by atoms with Gasteiger partial charge < -0.3 is 0 Å². The van der Waals surface area contributed by atoms with Crippen molar-refractivity contribution in [2.24, 2.45) is 0 Å². The standard InChI is InChI=1S/4Nb.12O.Zr/q;;;;;;;;;;;;4*-1;+4. The molecule has 0 amide bonds. The van der Waals surface area contributed by atoms with Gasteiger partial charge in [-0.2, -0.15) is 0 Å². The second kappa shape index (κ2) is 26.6. The van der Waals surface area contributed by atoms with Gasteiger partial charge in [0.2, 0.25) is 0 Å². The van der Waals surface area contributed by atoms with Crippen LogP contribution in [0.4, 0.5) is 0 Å². The summed E-state index contributed by atoms with van der Waals surface area (Å²) in [4.78, 5) is 0. The smallest absolute Gasteiger partial charge is 4.00 e. The molecule has 17 heavy (non-hydrogen) atoms. The van der Waals surface area contributed by atoms with Crippen LogP contribution in [0, 0.1) is 0 Å². The summed E-state index contributed by atoms with van der Waals surface area (Å²) in [5.74, 6) is 0. The quantitative estimate of drug-likeness (QED) is 0.223. The van der Waals surface area contributed by atoms with Crippen molar-refractivity contribution in [3.8, 4) is 0 Å². The second-order valence-electron chi connectivity index (χ2n) is 0.894. The minimum Gasteiger partial charge on any atom is 4.00 e. The van der Waals surface area contributed by atoms with Crippen LogP contribution in [-0.2, 0) is 127 Å². The Morgan fingerprint density at radius 3 is 0.412 bits per heavy atom. The Hall–Kier alpha value is 2.08. The van der Waals surface area contributed by atoms with E-state index in [-0.39, 0.29) is 26.2 Å². The Labute approximate surface area is 139 Å². The van der Waals surface area contributed by atoms with Crippen LogP contribution in [0.3, 0.4) is 0 Å². The van der Waals surface area contributed by atoms with Crippen LogP contribution in [0.15, 0.2) is 0 Å². The van der Waals surface area contributed by atoms with Crippen LogP contribution >= 0.6 is 0 Å². The van der Waals surface area contributed by atoms with Crippen molar-refractivity contribution < 1.29 is 142 Å². The molecule has 0 rings (SSSR count). The van der Waals surface area contributed by atoms with Gasteiger partial charge in [0, 0.05) is 0 Å². The van der Waals surface area contributed by atoms with E-state index in [9.17, 15) is 0 Å². The van der Waals surface area contributed by atoms with Crippen LogP contribution in [0.5, 0.6) is 0 Å². The molecule has 0 aromatic carbocycles. The van der Waals surface area contributed by atoms with E-state index in [2.05, 4.69) is 0 Å². The molecule has 0 saturated heterocycles. The topological polar surface area (TPSA) is 229 Å². The molecule has 96 valence electrons. The van der Waals surface area contributed by atoms with Gasteiger partial charge in [0.1, 0.15) is 0 Å². The Morgan fingerprint density at radius 1 is 0.412 bits per heavy atom. The summed E-state index contributed by atoms with van der Waals surface area (Å²) in [7, 11) is 0. The van der Waals surface area contributed by atoms with Crippen molar-refractivity contribution in [1.82, 2.24) is 0 Å². The SMILES string of the molecule is [O]=[Nb](=[O])[O-].[O]=[Nb](=[O])[O-].[O]=[Nb](=[O])[O-].[O]=[Nb](=[O])[O-].[Zr+4]. The summed E-state index contributed by atoms with van der Waals surface area (Å²) in [6.45, 7) is 0. The summed E-state index contributed by atoms with van der Waals surface area (Å²) in [6.07, 6.45) is 0. The zero-order valence-corrected chi connectivity index (χ0v) is 18.4. The van der Waals surface area contributed by atoms with Gasteiger partial charge in [-0.1, -0.05) is 0 Å². The summed E-state index contributed by atoms with van der Waals surface area (Å²) in [5.41, 5.74) is 0. The normalized spacial score (nSPS) is 5.88. The first-order chi connectivity index (χ1) is 6.93. The summed E-state index contributed by atoms with van der Waals surface area (Å²) in [6, 6.07) is 0. The summed E-state index contributed by atoms with van der Waals surface area (Å²) >= 11 is -16.8. The van der Waals surface area contributed by atoms with Gasteiger partial charge in [-0.05, 0) is 0 Å². The van der Waals surface area contributed by atoms with Crippen LogP contribution in [-0.4, -0.2) is 0 Å². The van der Waals surface area contributed by atoms with Crippen molar-refractivity contribution in [3.63, 3.8) is 0 Å². The summed E-state index contributed by atoms with van der Waals surface area (Å²) < 4.78 is 103. The van der Waals surface area contributed by atoms with Crippen LogP contribution in [0.25, 0.3) is 0 Å². The van der Waals surface area contributed by atoms with Crippen molar-refractivity contribution >= 4 is 0 Å². The van der Waals surface area contributed by atoms with Crippen molar-refractivity contribution in [2.45, 2.75) is 0 Å². The molecule has 0 radical (unpaired) electrons. The Balaban J connectivity index is -0.0000000369. The molecule has 0 N–H and O–H groups in total. The maximum atomic E-state index is 8.60. The first-order valence-electron chi connectivity index (χ1n) is 2.19. The van der Waals surface area contributed by atoms with E-state index in [0.717, 1.165) is 0 Å². The van der Waals surface area contributed by atoms with E-state index < -0.39 is 75.1 Å². The Kier molecular flexibility index (Phi) is 49.2. The molecule has 0 aromatic heterocycles. The maximum Gasteiger partial charge on any atom is 4.00 e. The molecule has 0 fully saturated rings. The molecule has 0 aromatic rings. The predicted molar refractivity (Wildman–Crippen MR) is 5.49 cm³/mol. The molecule has 0 aliphatic carbocycles. The van der Waals surface area contributed by atoms with Crippen molar-refractivity contribution in [2.75, 3.05) is 0 Å². The van der Waals surface area contributed by atoms with E-state index in [4.69, 9.17) is 40.5 Å². The molecule has 0 heterocycles. The summed E-state index contributed by atoms with van der Waals surface area (Å²) in [5, 5.41) is 0. The van der Waals surface area contributed by atoms with Crippen molar-refractivity contribution in [1.29, 1.82) is 0 Å². The Bertz CT molecular complexity index is 292. The molecule has 0 aliphatic heterocycles. The largest absolute Gasteiger partial charge is 4.00 e. The molecule has 0 spiro atoms. The van der Waals surface area contributed by atoms with E-state index in [1.165, 1.54) is 0 Å². The second-order valence-corrected chi connectivity index (χ2v) is 5.29. The number of hydrogen-bond donors (Lipinski definition) is 0. The molecule has 0 atom stereocenters. The average Bonchev–Trinajstić information content (AvgIpc) is 1.76. The molecule has 0 unspecified atom stereocenters. The fourth-order valence-electron chi connectivity index (χ4n) is 0. The third-order valence-corrected chi connectivity index (χ3v) is 0. The molecule has 0 aliphatic rings. The molecule has 0 saturated carbocycles. The van der Waals surface area contributed by atoms with Crippen LogP contribution in [0.1, 0.15) is 0 Å². The predicted octanol–water partition coefficient (Wildman–Crippen LogP) is -5.72. The van der Waals surface area contributed by atoms with E-state index >= 15 is 0 Å². The van der Waals surface area contributed by atoms with E-state index in [1.807, 2.05) is 0 Å². The zero-order chi connectivity index (χ0) is 14.3. The fraction of sp³-hybridized carbons (Fsp3) is 0. The van der Waals surface area contributed by atoms with Crippen LogP contribution < -0.4 is 14.5 Å². The number of hydrogen-bond acceptors (Lipinski definition) is 12. The number of rotatable bonds is 0. The third kappa shape index (κ3) is 1080. The fourth-order valence-corrected chi connectivity index (χ4v) is 0. The Morgan fingerprint density at radius 2 is 0.412 bits per heavy atom. The van der Waals surface area contributed by atoms with Gasteiger partial charge in [-0.3, -0.25) is 0 Å². The van der Waals surface area contributed by atoms with Gasteiger partial charge in [0.25, 0.3) is 0 Å². The van der Waals surface area contributed by atoms with Gasteiger partial charge in [0.05, 0.1) is 0 Å². The van der Waals surface area contributed by atoms with Crippen LogP contribution in [0.2, 0.25) is 0 Å². The maximum absolute atomic E-state index is 8.60. The first-order valence-corrected chi connectivity index (χ1v) is 13.0. The van der Waals surface area contributed by atoms with E-state index in [1.54, 1.807) is 0 Å². The van der Waals surface area contributed by atoms with Crippen molar-refractivity contribution in [3.05, 3.63) is 0 Å². The minimum atomic E-state index is -4.20.